The van der Waals surface area contributed by atoms with E-state index in [4.69, 9.17) is 0 Å². The van der Waals surface area contributed by atoms with Gasteiger partial charge in [-0.1, -0.05) is 25.7 Å². The lowest BCUT2D eigenvalue weighted by Gasteiger charge is -1.93. The van der Waals surface area contributed by atoms with Gasteiger partial charge in [-0.05, 0) is 17.5 Å². The van der Waals surface area contributed by atoms with Crippen LogP contribution in [-0.4, -0.2) is 14.5 Å². The van der Waals surface area contributed by atoms with E-state index in [-0.39, 0.29) is 5.69 Å². The molecule has 0 bridgehead atoms. The molecule has 116 valence electrons. The van der Waals surface area contributed by atoms with Gasteiger partial charge >= 0.3 is 0 Å². The zero-order chi connectivity index (χ0) is 15.9. The molecule has 0 aliphatic carbocycles. The van der Waals surface area contributed by atoms with Crippen LogP contribution in [0.15, 0.2) is 43.2 Å². The summed E-state index contributed by atoms with van der Waals surface area (Å²) in [5.41, 5.74) is 1.29. The number of nitro groups is 1. The summed E-state index contributed by atoms with van der Waals surface area (Å²) in [6, 6.07) is 4.40. The molecule has 0 saturated heterocycles. The summed E-state index contributed by atoms with van der Waals surface area (Å²) in [5.74, 6) is 0. The number of nitrogens with zero attached hydrogens (tertiary/aromatic N) is 5. The minimum absolute atomic E-state index is 0.0444. The van der Waals surface area contributed by atoms with Crippen LogP contribution in [0.4, 0.5) is 5.69 Å². The predicted molar refractivity (Wildman–Crippen MR) is 82.2 cm³/mol. The SMILES string of the molecule is CCCCn1cc[n+](C)c1.O=[N+]([O-])c1ccc2[n-]cnc2c1. The van der Waals surface area contributed by atoms with E-state index in [0.717, 1.165) is 6.54 Å². The van der Waals surface area contributed by atoms with Crippen molar-refractivity contribution in [1.82, 2.24) is 14.5 Å². The number of benzene rings is 1. The first-order valence-electron chi connectivity index (χ1n) is 7.13. The molecule has 2 heterocycles. The zero-order valence-electron chi connectivity index (χ0n) is 12.7. The molecular formula is C15H19N5O2. The normalized spacial score (nSPS) is 10.3. The molecule has 7 nitrogen and oxygen atoms in total. The maximum Gasteiger partial charge on any atom is 0.269 e. The van der Waals surface area contributed by atoms with Gasteiger partial charge in [0.25, 0.3) is 5.69 Å². The minimum Gasteiger partial charge on any atom is -0.443 e. The van der Waals surface area contributed by atoms with Gasteiger partial charge < -0.3 is 9.97 Å². The Morgan fingerprint density at radius 1 is 1.45 bits per heavy atom. The first-order chi connectivity index (χ1) is 10.6. The molecule has 0 spiro atoms. The first kappa shape index (κ1) is 15.7. The van der Waals surface area contributed by atoms with Crippen LogP contribution < -0.4 is 9.55 Å². The standard InChI is InChI=1S/C8H15N2.C7H4N3O2/c1-3-4-5-10-7-6-9(2)8-10;11-10(12)5-1-2-6-7(3-5)9-4-8-6/h6-8H,3-5H2,1-2H3;1-4H/q+1;-1. The van der Waals surface area contributed by atoms with Crippen LogP contribution in [0.1, 0.15) is 19.8 Å². The van der Waals surface area contributed by atoms with E-state index in [1.165, 1.54) is 31.3 Å². The smallest absolute Gasteiger partial charge is 0.269 e. The van der Waals surface area contributed by atoms with Crippen molar-refractivity contribution in [2.75, 3.05) is 0 Å². The molecule has 0 aliphatic rings. The molecule has 7 heteroatoms. The number of nitro benzene ring substituents is 1. The lowest BCUT2D eigenvalue weighted by atomic mass is 10.3. The molecule has 1 aromatic carbocycles. The van der Waals surface area contributed by atoms with Crippen molar-refractivity contribution in [2.24, 2.45) is 7.05 Å². The number of aryl methyl sites for hydroxylation is 2. The van der Waals surface area contributed by atoms with Crippen LogP contribution in [-0.2, 0) is 13.6 Å². The van der Waals surface area contributed by atoms with Crippen molar-refractivity contribution in [2.45, 2.75) is 26.3 Å². The van der Waals surface area contributed by atoms with Gasteiger partial charge in [-0.25, -0.2) is 9.13 Å². The van der Waals surface area contributed by atoms with Gasteiger partial charge in [0, 0.05) is 12.1 Å². The van der Waals surface area contributed by atoms with Crippen molar-refractivity contribution in [3.8, 4) is 0 Å². The van der Waals surface area contributed by atoms with Gasteiger partial charge in [0.1, 0.15) is 12.4 Å². The summed E-state index contributed by atoms with van der Waals surface area (Å²) in [6.45, 7) is 3.36. The Morgan fingerprint density at radius 2 is 2.27 bits per heavy atom. The lowest BCUT2D eigenvalue weighted by Crippen LogP contribution is -2.23. The maximum atomic E-state index is 10.3. The zero-order valence-corrected chi connectivity index (χ0v) is 12.7. The number of unbranched alkanes of at least 4 members (excludes halogenated alkanes) is 1. The second kappa shape index (κ2) is 7.35. The van der Waals surface area contributed by atoms with Gasteiger partial charge in [-0.3, -0.25) is 10.1 Å². The van der Waals surface area contributed by atoms with Crippen molar-refractivity contribution < 1.29 is 9.49 Å². The number of hydrogen-bond donors (Lipinski definition) is 0. The Bertz CT molecular complexity index is 747. The molecule has 0 atom stereocenters. The van der Waals surface area contributed by atoms with Crippen molar-refractivity contribution in [3.05, 3.63) is 53.4 Å². The summed E-state index contributed by atoms with van der Waals surface area (Å²) >= 11 is 0. The summed E-state index contributed by atoms with van der Waals surface area (Å²) in [5, 5.41) is 10.3. The minimum atomic E-state index is -0.450. The van der Waals surface area contributed by atoms with Crippen LogP contribution in [0.5, 0.6) is 0 Å². The van der Waals surface area contributed by atoms with Gasteiger partial charge in [0.15, 0.2) is 0 Å². The third kappa shape index (κ3) is 4.15. The van der Waals surface area contributed by atoms with Crippen LogP contribution in [0.3, 0.4) is 0 Å². The average molecular weight is 301 g/mol. The van der Waals surface area contributed by atoms with E-state index in [2.05, 4.69) is 44.7 Å². The van der Waals surface area contributed by atoms with Gasteiger partial charge in [0.05, 0.1) is 18.5 Å². The lowest BCUT2D eigenvalue weighted by molar-refractivity contribution is -0.671. The van der Waals surface area contributed by atoms with Crippen molar-refractivity contribution >= 4 is 16.7 Å². The van der Waals surface area contributed by atoms with Gasteiger partial charge in [-0.15, -0.1) is 0 Å². The maximum absolute atomic E-state index is 10.3. The van der Waals surface area contributed by atoms with E-state index in [1.54, 1.807) is 6.07 Å². The topological polar surface area (TPSA) is 78.9 Å². The molecule has 0 unspecified atom stereocenters. The Morgan fingerprint density at radius 3 is 2.91 bits per heavy atom. The first-order valence-corrected chi connectivity index (χ1v) is 7.13. The Hall–Kier alpha value is -2.70. The molecule has 0 radical (unpaired) electrons. The highest BCUT2D eigenvalue weighted by atomic mass is 16.6. The molecule has 3 aromatic rings. The average Bonchev–Trinajstić information content (AvgIpc) is 3.13. The quantitative estimate of drug-likeness (QED) is 0.420. The predicted octanol–water partition coefficient (Wildman–Crippen LogP) is 2.21. The number of rotatable bonds is 4. The van der Waals surface area contributed by atoms with Crippen LogP contribution >= 0.6 is 0 Å². The largest absolute Gasteiger partial charge is 0.443 e. The van der Waals surface area contributed by atoms with Gasteiger partial charge in [-0.2, -0.15) is 0 Å². The third-order valence-electron chi connectivity index (χ3n) is 3.16. The highest BCUT2D eigenvalue weighted by Crippen LogP contribution is 2.16. The number of hydrogen-bond acceptors (Lipinski definition) is 3. The summed E-state index contributed by atoms with van der Waals surface area (Å²) in [4.78, 5) is 17.6. The highest BCUT2D eigenvalue weighted by molar-refractivity contribution is 5.76. The molecule has 0 fully saturated rings. The molecule has 22 heavy (non-hydrogen) atoms. The molecule has 3 rings (SSSR count). The van der Waals surface area contributed by atoms with E-state index in [0.29, 0.717) is 11.0 Å². The highest BCUT2D eigenvalue weighted by Gasteiger charge is 2.02. The molecule has 0 aliphatic heterocycles. The molecule has 0 N–H and O–H groups in total. The second-order valence-electron chi connectivity index (χ2n) is 4.97. The molecule has 0 amide bonds. The Balaban J connectivity index is 0.000000164. The fraction of sp³-hybridized carbons (Fsp3) is 0.333. The van der Waals surface area contributed by atoms with E-state index < -0.39 is 4.92 Å². The van der Waals surface area contributed by atoms with Crippen LogP contribution in [0, 0.1) is 10.1 Å². The summed E-state index contributed by atoms with van der Waals surface area (Å²) < 4.78 is 4.28. The van der Waals surface area contributed by atoms with Crippen LogP contribution in [0.25, 0.3) is 11.0 Å². The molecule has 0 saturated carbocycles. The summed E-state index contributed by atoms with van der Waals surface area (Å²) in [6.07, 6.45) is 10.2. The van der Waals surface area contributed by atoms with Crippen molar-refractivity contribution in [3.63, 3.8) is 0 Å². The Labute approximate surface area is 128 Å². The van der Waals surface area contributed by atoms with E-state index in [9.17, 15) is 10.1 Å². The number of fused-ring (bicyclic) bond motifs is 1. The number of aromatic nitrogens is 4. The Kier molecular flexibility index (Phi) is 5.24. The number of non-ortho nitro benzene ring substituents is 1. The fourth-order valence-corrected chi connectivity index (χ4v) is 1.97. The van der Waals surface area contributed by atoms with Gasteiger partial charge in [0.2, 0.25) is 6.33 Å². The van der Waals surface area contributed by atoms with E-state index in [1.807, 2.05) is 7.05 Å². The fourth-order valence-electron chi connectivity index (χ4n) is 1.97. The monoisotopic (exact) mass is 301 g/mol. The van der Waals surface area contributed by atoms with Crippen molar-refractivity contribution in [1.29, 1.82) is 0 Å². The van der Waals surface area contributed by atoms with E-state index >= 15 is 0 Å². The summed E-state index contributed by atoms with van der Waals surface area (Å²) in [7, 11) is 2.04. The van der Waals surface area contributed by atoms with Crippen LogP contribution in [0.2, 0.25) is 0 Å². The number of imidazole rings is 2. The molecule has 2 aromatic heterocycles. The third-order valence-corrected chi connectivity index (χ3v) is 3.16. The second-order valence-corrected chi connectivity index (χ2v) is 4.97. The molecular weight excluding hydrogens is 282 g/mol.